The summed E-state index contributed by atoms with van der Waals surface area (Å²) in [6.07, 6.45) is 0. The summed E-state index contributed by atoms with van der Waals surface area (Å²) in [5.41, 5.74) is 9.88. The third kappa shape index (κ3) is 3.91. The summed E-state index contributed by atoms with van der Waals surface area (Å²) in [4.78, 5) is 13.8. The van der Waals surface area contributed by atoms with E-state index in [0.29, 0.717) is 10.6 Å². The zero-order valence-electron chi connectivity index (χ0n) is 17.5. The number of Topliss-reactive ketones (excluding diaryl/α,β-unsaturated/α-hetero) is 1. The van der Waals surface area contributed by atoms with Crippen molar-refractivity contribution in [1.82, 2.24) is 0 Å². The van der Waals surface area contributed by atoms with E-state index >= 15 is 0 Å². The van der Waals surface area contributed by atoms with Gasteiger partial charge in [-0.3, -0.25) is 4.79 Å². The molecule has 0 saturated carbocycles. The number of halogens is 1. The molecule has 3 rings (SSSR count). The fourth-order valence-electron chi connectivity index (χ4n) is 4.51. The first-order chi connectivity index (χ1) is 13.2. The first-order valence-corrected chi connectivity index (χ1v) is 10.0. The molecule has 0 radical (unpaired) electrons. The van der Waals surface area contributed by atoms with Crippen LogP contribution in [0.4, 0.5) is 0 Å². The smallest absolute Gasteiger partial charge is 0.174 e. The number of benzene rings is 3. The van der Waals surface area contributed by atoms with Crippen molar-refractivity contribution in [3.63, 3.8) is 0 Å². The first kappa shape index (κ1) is 20.4. The van der Waals surface area contributed by atoms with E-state index in [1.54, 1.807) is 12.1 Å². The maximum Gasteiger partial charge on any atom is 0.174 e. The van der Waals surface area contributed by atoms with Gasteiger partial charge >= 0.3 is 0 Å². The van der Waals surface area contributed by atoms with Gasteiger partial charge < -0.3 is 0 Å². The fourth-order valence-corrected chi connectivity index (χ4v) is 4.70. The maximum absolute atomic E-state index is 13.8. The zero-order chi connectivity index (χ0) is 20.6. The van der Waals surface area contributed by atoms with E-state index in [1.807, 2.05) is 12.1 Å². The summed E-state index contributed by atoms with van der Waals surface area (Å²) in [5.74, 6) is -0.257. The first-order valence-electron chi connectivity index (χ1n) is 9.64. The molecule has 1 nitrogen and oxygen atoms in total. The Morgan fingerprint density at radius 3 is 1.54 bits per heavy atom. The lowest BCUT2D eigenvalue weighted by atomic mass is 9.77. The van der Waals surface area contributed by atoms with Crippen LogP contribution in [-0.4, -0.2) is 5.78 Å². The van der Waals surface area contributed by atoms with Crippen LogP contribution in [0.3, 0.4) is 0 Å². The molecule has 3 aromatic carbocycles. The van der Waals surface area contributed by atoms with Gasteiger partial charge in [0.25, 0.3) is 0 Å². The van der Waals surface area contributed by atoms with E-state index in [2.05, 4.69) is 65.8 Å². The Morgan fingerprint density at radius 2 is 1.14 bits per heavy atom. The third-order valence-electron chi connectivity index (χ3n) is 5.42. The summed E-state index contributed by atoms with van der Waals surface area (Å²) >= 11 is 6.20. The van der Waals surface area contributed by atoms with Gasteiger partial charge in [-0.15, -0.1) is 0 Å². The van der Waals surface area contributed by atoms with Crippen LogP contribution in [0.5, 0.6) is 0 Å². The minimum absolute atomic E-state index is 0.0904. The van der Waals surface area contributed by atoms with Crippen LogP contribution >= 0.6 is 11.6 Å². The average Bonchev–Trinajstić information content (AvgIpc) is 2.58. The molecule has 28 heavy (non-hydrogen) atoms. The van der Waals surface area contributed by atoms with Gasteiger partial charge in [0.2, 0.25) is 0 Å². The van der Waals surface area contributed by atoms with E-state index in [4.69, 9.17) is 11.6 Å². The number of carbonyl (C=O) groups excluding carboxylic acids is 1. The number of hydrogen-bond acceptors (Lipinski definition) is 1. The van der Waals surface area contributed by atoms with E-state index in [-0.39, 0.29) is 11.7 Å². The highest BCUT2D eigenvalue weighted by molar-refractivity contribution is 6.31. The van der Waals surface area contributed by atoms with Crippen molar-refractivity contribution >= 4 is 17.4 Å². The predicted octanol–water partition coefficient (Wildman–Crippen LogP) is 7.21. The second kappa shape index (κ2) is 7.93. The molecule has 0 N–H and O–H groups in total. The highest BCUT2D eigenvalue weighted by Gasteiger charge is 2.29. The molecule has 0 unspecified atom stereocenters. The summed E-state index contributed by atoms with van der Waals surface area (Å²) in [6, 6.07) is 15.9. The van der Waals surface area contributed by atoms with Gasteiger partial charge in [-0.05, 0) is 87.1 Å². The van der Waals surface area contributed by atoms with E-state index in [9.17, 15) is 4.79 Å². The Bertz CT molecular complexity index is 958. The number of ketones is 1. The molecule has 0 amide bonds. The van der Waals surface area contributed by atoms with Crippen molar-refractivity contribution in [3.8, 4) is 0 Å². The molecule has 0 atom stereocenters. The fraction of sp³-hybridized carbons (Fsp3) is 0.269. The summed E-state index contributed by atoms with van der Waals surface area (Å²) < 4.78 is 0. The van der Waals surface area contributed by atoms with Gasteiger partial charge in [0.1, 0.15) is 0 Å². The standard InChI is InChI=1S/C26H27ClO/c1-15-10-17(3)23(18(4)11-15)25(24-19(5)12-16(2)13-20(24)6)26(28)21-8-7-9-22(27)14-21/h7-14,25H,1-6H3. The topological polar surface area (TPSA) is 17.1 Å². The van der Waals surface area contributed by atoms with Gasteiger partial charge in [-0.2, -0.15) is 0 Å². The molecule has 2 heteroatoms. The van der Waals surface area contributed by atoms with Crippen molar-refractivity contribution < 1.29 is 4.79 Å². The molecule has 3 aromatic rings. The van der Waals surface area contributed by atoms with Crippen LogP contribution in [0, 0.1) is 41.5 Å². The quantitative estimate of drug-likeness (QED) is 0.430. The van der Waals surface area contributed by atoms with Gasteiger partial charge in [-0.1, -0.05) is 59.1 Å². The third-order valence-corrected chi connectivity index (χ3v) is 5.66. The molecule has 0 heterocycles. The lowest BCUT2D eigenvalue weighted by Crippen LogP contribution is -2.19. The molecular formula is C26H27ClO. The molecule has 0 aromatic heterocycles. The highest BCUT2D eigenvalue weighted by Crippen LogP contribution is 2.37. The lowest BCUT2D eigenvalue weighted by Gasteiger charge is -2.25. The minimum Gasteiger partial charge on any atom is -0.293 e. The normalized spacial score (nSPS) is 11.1. The number of rotatable bonds is 4. The number of carbonyl (C=O) groups is 1. The Morgan fingerprint density at radius 1 is 0.714 bits per heavy atom. The highest BCUT2D eigenvalue weighted by atomic mass is 35.5. The second-order valence-electron chi connectivity index (χ2n) is 7.93. The summed E-state index contributed by atoms with van der Waals surface area (Å²) in [6.45, 7) is 12.6. The molecule has 0 fully saturated rings. The minimum atomic E-state index is -0.348. The molecule has 0 aliphatic carbocycles. The molecule has 144 valence electrons. The monoisotopic (exact) mass is 390 g/mol. The van der Waals surface area contributed by atoms with Crippen LogP contribution in [-0.2, 0) is 0 Å². The number of hydrogen-bond donors (Lipinski definition) is 0. The van der Waals surface area contributed by atoms with Crippen LogP contribution in [0.15, 0.2) is 48.5 Å². The van der Waals surface area contributed by atoms with Crippen molar-refractivity contribution in [3.05, 3.63) is 104 Å². The maximum atomic E-state index is 13.8. The van der Waals surface area contributed by atoms with Crippen molar-refractivity contribution in [1.29, 1.82) is 0 Å². The van der Waals surface area contributed by atoms with Crippen LogP contribution < -0.4 is 0 Å². The van der Waals surface area contributed by atoms with Crippen LogP contribution in [0.2, 0.25) is 5.02 Å². The van der Waals surface area contributed by atoms with Gasteiger partial charge in [0, 0.05) is 10.6 Å². The zero-order valence-corrected chi connectivity index (χ0v) is 18.2. The van der Waals surface area contributed by atoms with Crippen molar-refractivity contribution in [2.24, 2.45) is 0 Å². The molecule has 0 aliphatic rings. The van der Waals surface area contributed by atoms with Gasteiger partial charge in [-0.25, -0.2) is 0 Å². The van der Waals surface area contributed by atoms with Gasteiger partial charge in [0.05, 0.1) is 5.92 Å². The average molecular weight is 391 g/mol. The van der Waals surface area contributed by atoms with Crippen LogP contribution in [0.1, 0.15) is 60.8 Å². The van der Waals surface area contributed by atoms with Gasteiger partial charge in [0.15, 0.2) is 5.78 Å². The Kier molecular flexibility index (Phi) is 5.76. The largest absolute Gasteiger partial charge is 0.293 e. The van der Waals surface area contributed by atoms with Crippen molar-refractivity contribution in [2.45, 2.75) is 47.5 Å². The Hall–Kier alpha value is -2.38. The molecule has 0 saturated heterocycles. The summed E-state index contributed by atoms with van der Waals surface area (Å²) in [5, 5.41) is 0.583. The Balaban J connectivity index is 2.32. The van der Waals surface area contributed by atoms with Crippen LogP contribution in [0.25, 0.3) is 0 Å². The SMILES string of the molecule is Cc1cc(C)c(C(C(=O)c2cccc(Cl)c2)c2c(C)cc(C)cc2C)c(C)c1. The van der Waals surface area contributed by atoms with E-state index in [1.165, 1.54) is 11.1 Å². The number of aryl methyl sites for hydroxylation is 6. The second-order valence-corrected chi connectivity index (χ2v) is 8.37. The molecule has 0 bridgehead atoms. The molecular weight excluding hydrogens is 364 g/mol. The lowest BCUT2D eigenvalue weighted by molar-refractivity contribution is 0.0972. The summed E-state index contributed by atoms with van der Waals surface area (Å²) in [7, 11) is 0. The molecule has 0 aliphatic heterocycles. The predicted molar refractivity (Wildman–Crippen MR) is 119 cm³/mol. The molecule has 0 spiro atoms. The van der Waals surface area contributed by atoms with E-state index in [0.717, 1.165) is 33.4 Å². The Labute approximate surface area is 173 Å². The van der Waals surface area contributed by atoms with Crippen molar-refractivity contribution in [2.75, 3.05) is 0 Å². The van der Waals surface area contributed by atoms with E-state index < -0.39 is 0 Å².